The van der Waals surface area contributed by atoms with Crippen LogP contribution in [0.2, 0.25) is 0 Å². The van der Waals surface area contributed by atoms with E-state index < -0.39 is 5.60 Å². The molecule has 0 radical (unpaired) electrons. The van der Waals surface area contributed by atoms with Gasteiger partial charge in [0, 0.05) is 0 Å². The van der Waals surface area contributed by atoms with Crippen molar-refractivity contribution < 1.29 is 9.84 Å². The molecule has 0 fully saturated rings. The standard InChI is InChI=1S/C17H28O2/c1-5-7-9-14(6-2)13-17(3,18)15-10-8-11-16(12-15)19-4/h8,10-12,14,18H,5-7,9,13H2,1-4H3. The summed E-state index contributed by atoms with van der Waals surface area (Å²) in [5.41, 5.74) is 0.171. The molecule has 1 aromatic carbocycles. The summed E-state index contributed by atoms with van der Waals surface area (Å²) in [6.07, 6.45) is 5.61. The number of methoxy groups -OCH3 is 1. The molecule has 0 amide bonds. The predicted molar refractivity (Wildman–Crippen MR) is 80.5 cm³/mol. The Balaban J connectivity index is 2.77. The van der Waals surface area contributed by atoms with E-state index in [1.165, 1.54) is 19.3 Å². The number of unbranched alkanes of at least 4 members (excludes halogenated alkanes) is 1. The van der Waals surface area contributed by atoms with Gasteiger partial charge in [-0.25, -0.2) is 0 Å². The van der Waals surface area contributed by atoms with Crippen molar-refractivity contribution in [2.75, 3.05) is 7.11 Å². The SMILES string of the molecule is CCCCC(CC)CC(C)(O)c1cccc(OC)c1. The van der Waals surface area contributed by atoms with Crippen LogP contribution < -0.4 is 4.74 Å². The molecule has 0 saturated carbocycles. The Morgan fingerprint density at radius 1 is 1.32 bits per heavy atom. The van der Waals surface area contributed by atoms with E-state index >= 15 is 0 Å². The minimum absolute atomic E-state index is 0.584. The fourth-order valence-corrected chi connectivity index (χ4v) is 2.58. The van der Waals surface area contributed by atoms with E-state index in [1.54, 1.807) is 7.11 Å². The molecule has 0 bridgehead atoms. The van der Waals surface area contributed by atoms with E-state index in [0.29, 0.717) is 5.92 Å². The molecule has 19 heavy (non-hydrogen) atoms. The summed E-state index contributed by atoms with van der Waals surface area (Å²) < 4.78 is 5.24. The van der Waals surface area contributed by atoms with Gasteiger partial charge in [-0.05, 0) is 37.0 Å². The molecule has 1 rings (SSSR count). The zero-order valence-corrected chi connectivity index (χ0v) is 12.8. The minimum Gasteiger partial charge on any atom is -0.497 e. The molecule has 0 aliphatic rings. The van der Waals surface area contributed by atoms with Gasteiger partial charge in [0.25, 0.3) is 0 Å². The zero-order chi connectivity index (χ0) is 14.3. The quantitative estimate of drug-likeness (QED) is 0.748. The van der Waals surface area contributed by atoms with Crippen molar-refractivity contribution in [1.29, 1.82) is 0 Å². The van der Waals surface area contributed by atoms with Crippen molar-refractivity contribution in [2.45, 2.75) is 58.5 Å². The van der Waals surface area contributed by atoms with Crippen LogP contribution in [0, 0.1) is 5.92 Å². The molecule has 0 spiro atoms. The molecule has 0 heterocycles. The normalized spacial score (nSPS) is 15.8. The number of aliphatic hydroxyl groups is 1. The summed E-state index contributed by atoms with van der Waals surface area (Å²) >= 11 is 0. The highest BCUT2D eigenvalue weighted by molar-refractivity contribution is 5.31. The maximum Gasteiger partial charge on any atom is 0.119 e. The Hall–Kier alpha value is -1.02. The topological polar surface area (TPSA) is 29.5 Å². The van der Waals surface area contributed by atoms with Gasteiger partial charge in [-0.1, -0.05) is 51.7 Å². The molecule has 0 saturated heterocycles. The Labute approximate surface area is 117 Å². The lowest BCUT2D eigenvalue weighted by molar-refractivity contribution is 0.0273. The van der Waals surface area contributed by atoms with Crippen molar-refractivity contribution in [3.8, 4) is 5.75 Å². The van der Waals surface area contributed by atoms with E-state index in [9.17, 15) is 5.11 Å². The summed E-state index contributed by atoms with van der Waals surface area (Å²) in [5, 5.41) is 10.8. The molecule has 108 valence electrons. The van der Waals surface area contributed by atoms with Crippen LogP contribution in [0.4, 0.5) is 0 Å². The first kappa shape index (κ1) is 16.0. The lowest BCUT2D eigenvalue weighted by Crippen LogP contribution is -2.25. The van der Waals surface area contributed by atoms with Crippen LogP contribution in [0.3, 0.4) is 0 Å². The van der Waals surface area contributed by atoms with Crippen LogP contribution in [-0.2, 0) is 5.60 Å². The number of ether oxygens (including phenoxy) is 1. The van der Waals surface area contributed by atoms with E-state index in [4.69, 9.17) is 4.74 Å². The van der Waals surface area contributed by atoms with Gasteiger partial charge >= 0.3 is 0 Å². The maximum absolute atomic E-state index is 10.8. The van der Waals surface area contributed by atoms with Crippen molar-refractivity contribution in [2.24, 2.45) is 5.92 Å². The fourth-order valence-electron chi connectivity index (χ4n) is 2.58. The summed E-state index contributed by atoms with van der Waals surface area (Å²) in [6, 6.07) is 7.77. The van der Waals surface area contributed by atoms with Gasteiger partial charge in [-0.15, -0.1) is 0 Å². The highest BCUT2D eigenvalue weighted by Crippen LogP contribution is 2.33. The van der Waals surface area contributed by atoms with Crippen LogP contribution in [0.15, 0.2) is 24.3 Å². The van der Waals surface area contributed by atoms with Gasteiger partial charge in [0.2, 0.25) is 0 Å². The first-order valence-corrected chi connectivity index (χ1v) is 7.40. The second-order valence-corrected chi connectivity index (χ2v) is 5.63. The Kier molecular flexibility index (Phi) is 6.36. The molecule has 0 aliphatic heterocycles. The first-order chi connectivity index (χ1) is 9.03. The smallest absolute Gasteiger partial charge is 0.119 e. The van der Waals surface area contributed by atoms with Crippen molar-refractivity contribution in [1.82, 2.24) is 0 Å². The molecule has 2 heteroatoms. The molecule has 2 nitrogen and oxygen atoms in total. The first-order valence-electron chi connectivity index (χ1n) is 7.40. The van der Waals surface area contributed by atoms with Crippen molar-refractivity contribution in [3.63, 3.8) is 0 Å². The molecule has 0 aromatic heterocycles. The second-order valence-electron chi connectivity index (χ2n) is 5.63. The number of hydrogen-bond donors (Lipinski definition) is 1. The predicted octanol–water partition coefficient (Wildman–Crippen LogP) is 4.51. The van der Waals surface area contributed by atoms with Gasteiger partial charge in [0.05, 0.1) is 12.7 Å². The largest absolute Gasteiger partial charge is 0.497 e. The monoisotopic (exact) mass is 264 g/mol. The van der Waals surface area contributed by atoms with E-state index in [1.807, 2.05) is 31.2 Å². The van der Waals surface area contributed by atoms with Crippen molar-refractivity contribution in [3.05, 3.63) is 29.8 Å². The lowest BCUT2D eigenvalue weighted by atomic mass is 9.82. The highest BCUT2D eigenvalue weighted by atomic mass is 16.5. The lowest BCUT2D eigenvalue weighted by Gasteiger charge is -2.29. The van der Waals surface area contributed by atoms with Crippen LogP contribution in [0.5, 0.6) is 5.75 Å². The zero-order valence-electron chi connectivity index (χ0n) is 12.8. The molecule has 1 N–H and O–H groups in total. The third-order valence-electron chi connectivity index (χ3n) is 3.92. The van der Waals surface area contributed by atoms with E-state index in [-0.39, 0.29) is 0 Å². The van der Waals surface area contributed by atoms with Gasteiger partial charge in [0.1, 0.15) is 5.75 Å². The second kappa shape index (κ2) is 7.54. The fraction of sp³-hybridized carbons (Fsp3) is 0.647. The Morgan fingerprint density at radius 3 is 2.63 bits per heavy atom. The van der Waals surface area contributed by atoms with E-state index in [0.717, 1.165) is 24.2 Å². The molecule has 2 unspecified atom stereocenters. The molecule has 0 aliphatic carbocycles. The van der Waals surface area contributed by atoms with Crippen LogP contribution in [0.25, 0.3) is 0 Å². The van der Waals surface area contributed by atoms with Crippen LogP contribution in [0.1, 0.15) is 58.4 Å². The average molecular weight is 264 g/mol. The van der Waals surface area contributed by atoms with E-state index in [2.05, 4.69) is 13.8 Å². The number of hydrogen-bond acceptors (Lipinski definition) is 2. The number of rotatable bonds is 8. The van der Waals surface area contributed by atoms with Gasteiger partial charge in [-0.3, -0.25) is 0 Å². The number of benzene rings is 1. The van der Waals surface area contributed by atoms with Gasteiger partial charge in [-0.2, -0.15) is 0 Å². The average Bonchev–Trinajstić information content (AvgIpc) is 2.43. The Morgan fingerprint density at radius 2 is 2.05 bits per heavy atom. The van der Waals surface area contributed by atoms with Crippen LogP contribution in [-0.4, -0.2) is 12.2 Å². The third-order valence-corrected chi connectivity index (χ3v) is 3.92. The van der Waals surface area contributed by atoms with Gasteiger partial charge in [0.15, 0.2) is 0 Å². The summed E-state index contributed by atoms with van der Waals surface area (Å²) in [5.74, 6) is 1.39. The highest BCUT2D eigenvalue weighted by Gasteiger charge is 2.26. The summed E-state index contributed by atoms with van der Waals surface area (Å²) in [4.78, 5) is 0. The van der Waals surface area contributed by atoms with Crippen molar-refractivity contribution >= 4 is 0 Å². The maximum atomic E-state index is 10.8. The summed E-state index contributed by atoms with van der Waals surface area (Å²) in [7, 11) is 1.66. The molecule has 2 atom stereocenters. The molecule has 1 aromatic rings. The van der Waals surface area contributed by atoms with Crippen LogP contribution >= 0.6 is 0 Å². The molecular formula is C17H28O2. The Bertz CT molecular complexity index is 371. The molecular weight excluding hydrogens is 236 g/mol. The third kappa shape index (κ3) is 4.87. The van der Waals surface area contributed by atoms with Gasteiger partial charge < -0.3 is 9.84 Å². The minimum atomic E-state index is -0.775. The summed E-state index contributed by atoms with van der Waals surface area (Å²) in [6.45, 7) is 6.34.